The molecule has 1 aromatic carbocycles. The number of nitrogens with one attached hydrogen (secondary N) is 1. The third kappa shape index (κ3) is 3.72. The number of hydrogen-bond donors (Lipinski definition) is 2. The molecule has 1 fully saturated rings. The Labute approximate surface area is 111 Å². The predicted octanol–water partition coefficient (Wildman–Crippen LogP) is 2.01. The van der Waals surface area contributed by atoms with Crippen molar-refractivity contribution >= 4 is 0 Å². The van der Waals surface area contributed by atoms with Crippen molar-refractivity contribution in [2.75, 3.05) is 19.8 Å². The van der Waals surface area contributed by atoms with Crippen LogP contribution in [0.25, 0.3) is 0 Å². The van der Waals surface area contributed by atoms with Crippen molar-refractivity contribution in [3.8, 4) is 0 Å². The van der Waals surface area contributed by atoms with Gasteiger partial charge in [0.25, 0.3) is 0 Å². The van der Waals surface area contributed by atoms with Gasteiger partial charge in [0.15, 0.2) is 11.6 Å². The van der Waals surface area contributed by atoms with Gasteiger partial charge in [0.05, 0.1) is 12.7 Å². The lowest BCUT2D eigenvalue weighted by Crippen LogP contribution is -2.36. The fourth-order valence-electron chi connectivity index (χ4n) is 2.25. The molecule has 19 heavy (non-hydrogen) atoms. The molecule has 2 N–H and O–H groups in total. The largest absolute Gasteiger partial charge is 0.387 e. The number of halogens is 2. The molecule has 0 aromatic heterocycles. The van der Waals surface area contributed by atoms with Crippen molar-refractivity contribution in [1.29, 1.82) is 0 Å². The van der Waals surface area contributed by atoms with E-state index in [2.05, 4.69) is 5.32 Å². The minimum absolute atomic E-state index is 0.224. The number of benzene rings is 1. The van der Waals surface area contributed by atoms with Crippen LogP contribution in [0.5, 0.6) is 0 Å². The fraction of sp³-hybridized carbons (Fsp3) is 0.571. The zero-order valence-electron chi connectivity index (χ0n) is 10.9. The zero-order valence-corrected chi connectivity index (χ0v) is 10.9. The topological polar surface area (TPSA) is 41.5 Å². The average molecular weight is 271 g/mol. The van der Waals surface area contributed by atoms with E-state index in [9.17, 15) is 13.9 Å². The molecule has 106 valence electrons. The van der Waals surface area contributed by atoms with Crippen LogP contribution in [0.1, 0.15) is 25.0 Å². The van der Waals surface area contributed by atoms with Crippen LogP contribution in [0.15, 0.2) is 18.2 Å². The lowest BCUT2D eigenvalue weighted by atomic mass is 10.00. The lowest BCUT2D eigenvalue weighted by Gasteiger charge is -2.21. The minimum atomic E-state index is -0.936. The molecule has 5 heteroatoms. The Balaban J connectivity index is 1.86. The van der Waals surface area contributed by atoms with Crippen molar-refractivity contribution in [1.82, 2.24) is 5.32 Å². The Kier molecular flexibility index (Phi) is 4.85. The minimum Gasteiger partial charge on any atom is -0.387 e. The molecule has 0 aliphatic carbocycles. The van der Waals surface area contributed by atoms with E-state index in [0.29, 0.717) is 18.0 Å². The van der Waals surface area contributed by atoms with E-state index in [1.165, 1.54) is 6.07 Å². The third-order valence-electron chi connectivity index (χ3n) is 3.63. The summed E-state index contributed by atoms with van der Waals surface area (Å²) in [5, 5.41) is 13.2. The summed E-state index contributed by atoms with van der Waals surface area (Å²) < 4.78 is 31.2. The molecule has 3 nitrogen and oxygen atoms in total. The maximum Gasteiger partial charge on any atom is 0.159 e. The fourth-order valence-corrected chi connectivity index (χ4v) is 2.25. The van der Waals surface area contributed by atoms with Gasteiger partial charge in [0, 0.05) is 19.2 Å². The summed E-state index contributed by atoms with van der Waals surface area (Å²) >= 11 is 0. The highest BCUT2D eigenvalue weighted by atomic mass is 19.2. The molecule has 0 bridgehead atoms. The number of aliphatic hydroxyl groups is 1. The van der Waals surface area contributed by atoms with Gasteiger partial charge in [-0.1, -0.05) is 6.07 Å². The van der Waals surface area contributed by atoms with Gasteiger partial charge in [-0.05, 0) is 37.0 Å². The van der Waals surface area contributed by atoms with Crippen LogP contribution in [0, 0.1) is 17.6 Å². The molecule has 3 unspecified atom stereocenters. The Bertz CT molecular complexity index is 422. The first kappa shape index (κ1) is 14.4. The zero-order chi connectivity index (χ0) is 13.8. The lowest BCUT2D eigenvalue weighted by molar-refractivity contribution is 0.155. The van der Waals surface area contributed by atoms with Crippen LogP contribution in [-0.2, 0) is 4.74 Å². The van der Waals surface area contributed by atoms with Crippen molar-refractivity contribution in [2.45, 2.75) is 25.5 Å². The van der Waals surface area contributed by atoms with Crippen LogP contribution < -0.4 is 5.32 Å². The first-order valence-corrected chi connectivity index (χ1v) is 6.52. The molecule has 1 saturated heterocycles. The second kappa shape index (κ2) is 6.41. The molecule has 0 spiro atoms. The highest BCUT2D eigenvalue weighted by Crippen LogP contribution is 2.19. The SMILES string of the molecule is CC(NCC(O)c1ccc(F)c(F)c1)C1CCOC1. The van der Waals surface area contributed by atoms with Gasteiger partial charge in [-0.25, -0.2) is 8.78 Å². The van der Waals surface area contributed by atoms with Crippen LogP contribution >= 0.6 is 0 Å². The number of rotatable bonds is 5. The number of aliphatic hydroxyl groups excluding tert-OH is 1. The Morgan fingerprint density at radius 2 is 2.21 bits per heavy atom. The summed E-state index contributed by atoms with van der Waals surface area (Å²) in [6.45, 7) is 3.86. The van der Waals surface area contributed by atoms with E-state index >= 15 is 0 Å². The van der Waals surface area contributed by atoms with E-state index in [1.807, 2.05) is 6.92 Å². The summed E-state index contributed by atoms with van der Waals surface area (Å²) in [6.07, 6.45) is 0.162. The van der Waals surface area contributed by atoms with E-state index < -0.39 is 17.7 Å². The molecule has 1 aliphatic heterocycles. The predicted molar refractivity (Wildman–Crippen MR) is 67.7 cm³/mol. The molecule has 3 atom stereocenters. The maximum atomic E-state index is 13.1. The molecule has 2 rings (SSSR count). The van der Waals surface area contributed by atoms with Crippen molar-refractivity contribution < 1.29 is 18.6 Å². The number of hydrogen-bond acceptors (Lipinski definition) is 3. The second-order valence-electron chi connectivity index (χ2n) is 5.01. The van der Waals surface area contributed by atoms with Gasteiger partial charge in [0.1, 0.15) is 0 Å². The molecule has 1 aliphatic rings. The Hall–Kier alpha value is -1.04. The standard InChI is InChI=1S/C14H19F2NO2/c1-9(11-4-5-19-8-11)17-7-14(18)10-2-3-12(15)13(16)6-10/h2-3,6,9,11,14,17-18H,4-5,7-8H2,1H3. The van der Waals surface area contributed by atoms with Crippen molar-refractivity contribution in [3.05, 3.63) is 35.4 Å². The summed E-state index contributed by atoms with van der Waals surface area (Å²) in [7, 11) is 0. The van der Waals surface area contributed by atoms with Crippen LogP contribution in [0.3, 0.4) is 0 Å². The van der Waals surface area contributed by atoms with E-state index in [0.717, 1.165) is 31.8 Å². The average Bonchev–Trinajstić information content (AvgIpc) is 2.92. The van der Waals surface area contributed by atoms with Gasteiger partial charge in [-0.15, -0.1) is 0 Å². The molecule has 1 aromatic rings. The van der Waals surface area contributed by atoms with Crippen LogP contribution in [0.2, 0.25) is 0 Å². The molecular weight excluding hydrogens is 252 g/mol. The molecule has 0 amide bonds. The van der Waals surface area contributed by atoms with Gasteiger partial charge in [0.2, 0.25) is 0 Å². The molecule has 1 heterocycles. The molecule has 0 radical (unpaired) electrons. The Morgan fingerprint density at radius 3 is 2.84 bits per heavy atom. The smallest absolute Gasteiger partial charge is 0.159 e. The third-order valence-corrected chi connectivity index (χ3v) is 3.63. The number of ether oxygens (including phenoxy) is 1. The summed E-state index contributed by atoms with van der Waals surface area (Å²) in [6, 6.07) is 3.68. The van der Waals surface area contributed by atoms with Crippen LogP contribution in [-0.4, -0.2) is 30.9 Å². The van der Waals surface area contributed by atoms with Gasteiger partial charge >= 0.3 is 0 Å². The summed E-state index contributed by atoms with van der Waals surface area (Å²) in [5.74, 6) is -1.40. The van der Waals surface area contributed by atoms with Crippen molar-refractivity contribution in [2.24, 2.45) is 5.92 Å². The van der Waals surface area contributed by atoms with E-state index in [4.69, 9.17) is 4.74 Å². The molecular formula is C14H19F2NO2. The first-order valence-electron chi connectivity index (χ1n) is 6.52. The van der Waals surface area contributed by atoms with Gasteiger partial charge in [-0.3, -0.25) is 0 Å². The second-order valence-corrected chi connectivity index (χ2v) is 5.01. The molecule has 0 saturated carbocycles. The summed E-state index contributed by atoms with van der Waals surface area (Å²) in [4.78, 5) is 0. The Morgan fingerprint density at radius 1 is 1.42 bits per heavy atom. The van der Waals surface area contributed by atoms with Gasteiger partial charge in [-0.2, -0.15) is 0 Å². The highest BCUT2D eigenvalue weighted by Gasteiger charge is 2.22. The van der Waals surface area contributed by atoms with E-state index in [1.54, 1.807) is 0 Å². The van der Waals surface area contributed by atoms with Gasteiger partial charge < -0.3 is 15.2 Å². The maximum absolute atomic E-state index is 13.1. The highest BCUT2D eigenvalue weighted by molar-refractivity contribution is 5.20. The normalized spacial score (nSPS) is 22.4. The quantitative estimate of drug-likeness (QED) is 0.861. The van der Waals surface area contributed by atoms with E-state index in [-0.39, 0.29) is 6.04 Å². The first-order chi connectivity index (χ1) is 9.08. The monoisotopic (exact) mass is 271 g/mol. The summed E-state index contributed by atoms with van der Waals surface area (Å²) in [5.41, 5.74) is 0.376. The van der Waals surface area contributed by atoms with Crippen LogP contribution in [0.4, 0.5) is 8.78 Å². The van der Waals surface area contributed by atoms with Crippen molar-refractivity contribution in [3.63, 3.8) is 0 Å².